The van der Waals surface area contributed by atoms with E-state index >= 15 is 0 Å². The van der Waals surface area contributed by atoms with Crippen molar-refractivity contribution in [2.75, 3.05) is 11.4 Å². The Balaban J connectivity index is 1.62. The van der Waals surface area contributed by atoms with Gasteiger partial charge in [-0.05, 0) is 24.6 Å². The number of rotatable bonds is 3. The number of anilines is 1. The zero-order valence-electron chi connectivity index (χ0n) is 13.5. The van der Waals surface area contributed by atoms with Crippen LogP contribution in [0.1, 0.15) is 11.4 Å². The Hall–Kier alpha value is -3.36. The monoisotopic (exact) mass is 337 g/mol. The molecule has 0 amide bonds. The summed E-state index contributed by atoms with van der Waals surface area (Å²) in [6.07, 6.45) is 4.79. The predicted octanol–water partition coefficient (Wildman–Crippen LogP) is 1.97. The van der Waals surface area contributed by atoms with Crippen molar-refractivity contribution in [1.82, 2.24) is 24.7 Å². The molecule has 0 radical (unpaired) electrons. The Bertz CT molecular complexity index is 939. The molecule has 4 rings (SSSR count). The maximum Gasteiger partial charge on any atom is 0.287 e. The average molecular weight is 337 g/mol. The molecule has 3 aromatic heterocycles. The first-order valence-electron chi connectivity index (χ1n) is 7.82. The molecule has 1 aliphatic rings. The summed E-state index contributed by atoms with van der Waals surface area (Å²) in [7, 11) is 0. The van der Waals surface area contributed by atoms with E-state index in [0.29, 0.717) is 13.1 Å². The zero-order chi connectivity index (χ0) is 17.4. The van der Waals surface area contributed by atoms with E-state index in [1.807, 2.05) is 19.1 Å². The Morgan fingerprint density at radius 3 is 2.84 bits per heavy atom. The molecule has 126 valence electrons. The number of hydrogen-bond acceptors (Lipinski definition) is 7. The molecule has 0 unspecified atom stereocenters. The van der Waals surface area contributed by atoms with Crippen molar-refractivity contribution in [2.45, 2.75) is 20.0 Å². The lowest BCUT2D eigenvalue weighted by molar-refractivity contribution is -0.385. The van der Waals surface area contributed by atoms with E-state index in [9.17, 15) is 10.1 Å². The molecule has 9 heteroatoms. The van der Waals surface area contributed by atoms with Crippen molar-refractivity contribution < 1.29 is 4.92 Å². The summed E-state index contributed by atoms with van der Waals surface area (Å²) in [5.74, 6) is 2.38. The number of fused-ring (bicyclic) bond motifs is 1. The minimum absolute atomic E-state index is 0.000269. The van der Waals surface area contributed by atoms with E-state index in [-0.39, 0.29) is 5.69 Å². The molecule has 0 saturated heterocycles. The van der Waals surface area contributed by atoms with Gasteiger partial charge in [0.25, 0.3) is 5.69 Å². The summed E-state index contributed by atoms with van der Waals surface area (Å²) in [6.45, 7) is 3.82. The molecule has 9 nitrogen and oxygen atoms in total. The molecule has 0 fully saturated rings. The van der Waals surface area contributed by atoms with Gasteiger partial charge in [0.05, 0.1) is 11.5 Å². The van der Waals surface area contributed by atoms with Crippen LogP contribution in [0.4, 0.5) is 11.5 Å². The highest BCUT2D eigenvalue weighted by Gasteiger charge is 2.24. The van der Waals surface area contributed by atoms with Crippen LogP contribution in [0.5, 0.6) is 0 Å². The maximum absolute atomic E-state index is 10.9. The lowest BCUT2D eigenvalue weighted by Gasteiger charge is -2.29. The largest absolute Gasteiger partial charge is 0.347 e. The fourth-order valence-electron chi connectivity index (χ4n) is 3.03. The van der Waals surface area contributed by atoms with Gasteiger partial charge in [-0.1, -0.05) is 0 Å². The number of pyridine rings is 2. The van der Waals surface area contributed by atoms with Gasteiger partial charge in [0.15, 0.2) is 11.6 Å². The van der Waals surface area contributed by atoms with Gasteiger partial charge in [0.2, 0.25) is 0 Å². The van der Waals surface area contributed by atoms with Gasteiger partial charge >= 0.3 is 0 Å². The number of aromatic nitrogens is 5. The fourth-order valence-corrected chi connectivity index (χ4v) is 3.03. The molecule has 0 aromatic carbocycles. The second-order valence-electron chi connectivity index (χ2n) is 5.85. The molecular formula is C16H15N7O2. The third-order valence-electron chi connectivity index (χ3n) is 4.22. The van der Waals surface area contributed by atoms with Crippen molar-refractivity contribution >= 4 is 11.5 Å². The highest BCUT2D eigenvalue weighted by atomic mass is 16.6. The van der Waals surface area contributed by atoms with E-state index in [2.05, 4.69) is 29.6 Å². The van der Waals surface area contributed by atoms with Gasteiger partial charge in [-0.25, -0.2) is 4.98 Å². The van der Waals surface area contributed by atoms with Gasteiger partial charge < -0.3 is 9.47 Å². The van der Waals surface area contributed by atoms with E-state index in [1.165, 1.54) is 6.20 Å². The van der Waals surface area contributed by atoms with Crippen LogP contribution >= 0.6 is 0 Å². The first-order valence-corrected chi connectivity index (χ1v) is 7.82. The third-order valence-corrected chi connectivity index (χ3v) is 4.22. The second-order valence-corrected chi connectivity index (χ2v) is 5.85. The maximum atomic E-state index is 10.9. The summed E-state index contributed by atoms with van der Waals surface area (Å²) >= 11 is 0. The number of hydrogen-bond donors (Lipinski definition) is 0. The molecule has 4 heterocycles. The van der Waals surface area contributed by atoms with Crippen LogP contribution in [0, 0.1) is 17.0 Å². The molecule has 0 bridgehead atoms. The molecule has 0 N–H and O–H groups in total. The molecule has 0 saturated carbocycles. The first-order chi connectivity index (χ1) is 12.1. The zero-order valence-corrected chi connectivity index (χ0v) is 13.5. The number of aryl methyl sites for hydroxylation is 1. The van der Waals surface area contributed by atoms with Crippen molar-refractivity contribution in [3.63, 3.8) is 0 Å². The van der Waals surface area contributed by atoms with Crippen LogP contribution < -0.4 is 4.90 Å². The van der Waals surface area contributed by atoms with E-state index < -0.39 is 4.92 Å². The highest BCUT2D eigenvalue weighted by molar-refractivity contribution is 5.55. The molecule has 1 aliphatic heterocycles. The minimum atomic E-state index is -0.434. The summed E-state index contributed by atoms with van der Waals surface area (Å²) in [5.41, 5.74) is 1.70. The van der Waals surface area contributed by atoms with Crippen LogP contribution in [-0.4, -0.2) is 36.2 Å². The van der Waals surface area contributed by atoms with Crippen molar-refractivity contribution in [1.29, 1.82) is 0 Å². The Morgan fingerprint density at radius 1 is 1.24 bits per heavy atom. The Labute approximate surface area is 143 Å². The number of nitro groups is 1. The molecular weight excluding hydrogens is 322 g/mol. The predicted molar refractivity (Wildman–Crippen MR) is 89.9 cm³/mol. The minimum Gasteiger partial charge on any atom is -0.347 e. The third kappa shape index (κ3) is 2.69. The van der Waals surface area contributed by atoms with E-state index in [4.69, 9.17) is 0 Å². The van der Waals surface area contributed by atoms with Crippen molar-refractivity contribution in [3.8, 4) is 11.4 Å². The second kappa shape index (κ2) is 5.93. The SMILES string of the molecule is Cc1cc([N+](=O)[O-])cnc1N1CCn2c(nnc2-c2cccnc2)C1. The summed E-state index contributed by atoms with van der Waals surface area (Å²) in [6, 6.07) is 5.37. The van der Waals surface area contributed by atoms with Gasteiger partial charge in [0.1, 0.15) is 12.0 Å². The number of nitrogens with zero attached hydrogens (tertiary/aromatic N) is 7. The molecule has 0 aliphatic carbocycles. The molecule has 25 heavy (non-hydrogen) atoms. The quantitative estimate of drug-likeness (QED) is 0.531. The summed E-state index contributed by atoms with van der Waals surface area (Å²) in [5, 5.41) is 19.5. The van der Waals surface area contributed by atoms with Crippen molar-refractivity contribution in [2.24, 2.45) is 0 Å². The van der Waals surface area contributed by atoms with E-state index in [0.717, 1.165) is 35.1 Å². The molecule has 3 aromatic rings. The van der Waals surface area contributed by atoms with Crippen LogP contribution in [-0.2, 0) is 13.1 Å². The van der Waals surface area contributed by atoms with Gasteiger partial charge in [0, 0.05) is 37.1 Å². The van der Waals surface area contributed by atoms with Crippen LogP contribution in [0.15, 0.2) is 36.8 Å². The highest BCUT2D eigenvalue weighted by Crippen LogP contribution is 2.27. The Kier molecular flexibility index (Phi) is 3.60. The lowest BCUT2D eigenvalue weighted by Crippen LogP contribution is -2.35. The van der Waals surface area contributed by atoms with Gasteiger partial charge in [-0.15, -0.1) is 10.2 Å². The van der Waals surface area contributed by atoms with Crippen LogP contribution in [0.2, 0.25) is 0 Å². The standard InChI is InChI=1S/C16H15N7O2/c1-11-7-13(23(24)25)9-18-15(11)21-5-6-22-14(10-21)19-20-16(22)12-3-2-4-17-8-12/h2-4,7-9H,5-6,10H2,1H3. The molecule has 0 atom stereocenters. The average Bonchev–Trinajstić information content (AvgIpc) is 3.05. The lowest BCUT2D eigenvalue weighted by atomic mass is 10.2. The van der Waals surface area contributed by atoms with E-state index in [1.54, 1.807) is 18.5 Å². The topological polar surface area (TPSA) is 103 Å². The Morgan fingerprint density at radius 2 is 2.12 bits per heavy atom. The van der Waals surface area contributed by atoms with Gasteiger partial charge in [-0.3, -0.25) is 15.1 Å². The summed E-state index contributed by atoms with van der Waals surface area (Å²) in [4.78, 5) is 20.9. The van der Waals surface area contributed by atoms with Gasteiger partial charge in [-0.2, -0.15) is 0 Å². The normalized spacial score (nSPS) is 13.6. The van der Waals surface area contributed by atoms with Crippen molar-refractivity contribution in [3.05, 3.63) is 58.3 Å². The smallest absolute Gasteiger partial charge is 0.287 e. The van der Waals surface area contributed by atoms with Crippen LogP contribution in [0.25, 0.3) is 11.4 Å². The fraction of sp³-hybridized carbons (Fsp3) is 0.250. The summed E-state index contributed by atoms with van der Waals surface area (Å²) < 4.78 is 2.08. The molecule has 0 spiro atoms. The first kappa shape index (κ1) is 15.2. The van der Waals surface area contributed by atoms with Crippen LogP contribution in [0.3, 0.4) is 0 Å².